The minimum Gasteiger partial charge on any atom is -0.487 e. The molecule has 0 saturated carbocycles. The van der Waals surface area contributed by atoms with Crippen LogP contribution in [0.1, 0.15) is 13.3 Å². The molecule has 0 radical (unpaired) electrons. The molecule has 0 heterocycles. The minimum atomic E-state index is -0.466. The summed E-state index contributed by atoms with van der Waals surface area (Å²) in [7, 11) is 0. The van der Waals surface area contributed by atoms with Gasteiger partial charge in [-0.05, 0) is 25.5 Å². The summed E-state index contributed by atoms with van der Waals surface area (Å²) >= 11 is 0. The van der Waals surface area contributed by atoms with Gasteiger partial charge in [-0.1, -0.05) is 6.07 Å². The number of aliphatic hydroxyl groups excluding tert-OH is 1. The third-order valence-electron chi connectivity index (χ3n) is 2.13. The second-order valence-electron chi connectivity index (χ2n) is 3.35. The van der Waals surface area contributed by atoms with Crippen LogP contribution in [0.15, 0.2) is 18.2 Å². The number of aliphatic hydroxyl groups is 1. The third kappa shape index (κ3) is 3.60. The van der Waals surface area contributed by atoms with Gasteiger partial charge in [0, 0.05) is 13.2 Å². The molecule has 0 aliphatic heterocycles. The van der Waals surface area contributed by atoms with Crippen molar-refractivity contribution in [3.05, 3.63) is 28.3 Å². The summed E-state index contributed by atoms with van der Waals surface area (Å²) < 4.78 is 5.21. The number of para-hydroxylation sites is 1. The molecule has 0 aromatic heterocycles. The van der Waals surface area contributed by atoms with Gasteiger partial charge in [0.15, 0.2) is 5.75 Å². The molecule has 94 valence electrons. The summed E-state index contributed by atoms with van der Waals surface area (Å²) in [6, 6.07) is 4.89. The maximum Gasteiger partial charge on any atom is 0.333 e. The summed E-state index contributed by atoms with van der Waals surface area (Å²) in [5.41, 5.74) is 0.349. The summed E-state index contributed by atoms with van der Waals surface area (Å²) in [6.45, 7) is 2.68. The molecule has 0 saturated heterocycles. The van der Waals surface area contributed by atoms with E-state index in [1.54, 1.807) is 25.1 Å². The Kier molecular flexibility index (Phi) is 5.22. The molecule has 17 heavy (non-hydrogen) atoms. The molecular formula is C11H16N2O4. The van der Waals surface area contributed by atoms with Gasteiger partial charge in [-0.15, -0.1) is 0 Å². The number of ether oxygens (including phenoxy) is 1. The number of nitro benzene ring substituents is 1. The van der Waals surface area contributed by atoms with E-state index in [2.05, 4.69) is 5.32 Å². The van der Waals surface area contributed by atoms with E-state index < -0.39 is 4.92 Å². The number of hydrogen-bond donors (Lipinski definition) is 2. The van der Waals surface area contributed by atoms with Gasteiger partial charge in [0.2, 0.25) is 0 Å². The highest BCUT2D eigenvalue weighted by Gasteiger charge is 2.20. The first-order chi connectivity index (χ1) is 8.20. The Morgan fingerprint density at radius 1 is 1.53 bits per heavy atom. The molecule has 0 aliphatic rings. The molecule has 0 bridgehead atoms. The summed E-state index contributed by atoms with van der Waals surface area (Å²) in [5.74, 6) is 0.256. The number of anilines is 1. The summed E-state index contributed by atoms with van der Waals surface area (Å²) in [4.78, 5) is 10.5. The topological polar surface area (TPSA) is 84.6 Å². The largest absolute Gasteiger partial charge is 0.487 e. The van der Waals surface area contributed by atoms with Gasteiger partial charge in [-0.3, -0.25) is 10.1 Å². The highest BCUT2D eigenvalue weighted by molar-refractivity contribution is 5.68. The average molecular weight is 240 g/mol. The van der Waals surface area contributed by atoms with E-state index in [9.17, 15) is 10.1 Å². The highest BCUT2D eigenvalue weighted by Crippen LogP contribution is 2.34. The molecule has 1 aromatic rings. The molecule has 2 N–H and O–H groups in total. The number of benzene rings is 1. The Bertz CT molecular complexity index is 382. The van der Waals surface area contributed by atoms with E-state index in [1.165, 1.54) is 0 Å². The molecule has 0 aliphatic carbocycles. The van der Waals surface area contributed by atoms with E-state index in [1.807, 2.05) is 0 Å². The fraction of sp³-hybridized carbons (Fsp3) is 0.455. The molecule has 6 heteroatoms. The van der Waals surface area contributed by atoms with Crippen molar-refractivity contribution in [2.45, 2.75) is 13.3 Å². The zero-order valence-electron chi connectivity index (χ0n) is 9.68. The summed E-state index contributed by atoms with van der Waals surface area (Å²) in [5, 5.41) is 22.6. The SMILES string of the molecule is CCOc1cccc(NCCCO)c1[N+](=O)[O-]. The van der Waals surface area contributed by atoms with Crippen molar-refractivity contribution < 1.29 is 14.8 Å². The minimum absolute atomic E-state index is 0.0476. The van der Waals surface area contributed by atoms with Crippen LogP contribution in [0.5, 0.6) is 5.75 Å². The van der Waals surface area contributed by atoms with Crippen molar-refractivity contribution >= 4 is 11.4 Å². The monoisotopic (exact) mass is 240 g/mol. The molecule has 0 spiro atoms. The van der Waals surface area contributed by atoms with Crippen LogP contribution in [0.3, 0.4) is 0 Å². The smallest absolute Gasteiger partial charge is 0.333 e. The van der Waals surface area contributed by atoms with Gasteiger partial charge >= 0.3 is 5.69 Å². The van der Waals surface area contributed by atoms with Crippen LogP contribution in [0.2, 0.25) is 0 Å². The van der Waals surface area contributed by atoms with Crippen molar-refractivity contribution in [1.29, 1.82) is 0 Å². The molecule has 0 amide bonds. The van der Waals surface area contributed by atoms with Crippen LogP contribution in [0.25, 0.3) is 0 Å². The fourth-order valence-corrected chi connectivity index (χ4v) is 1.43. The fourth-order valence-electron chi connectivity index (χ4n) is 1.43. The van der Waals surface area contributed by atoms with Gasteiger partial charge in [-0.2, -0.15) is 0 Å². The first-order valence-corrected chi connectivity index (χ1v) is 5.45. The quantitative estimate of drug-likeness (QED) is 0.431. The molecule has 0 unspecified atom stereocenters. The molecule has 0 atom stereocenters. The number of rotatable bonds is 7. The van der Waals surface area contributed by atoms with E-state index in [0.29, 0.717) is 25.3 Å². The normalized spacial score (nSPS) is 10.0. The zero-order valence-corrected chi connectivity index (χ0v) is 9.68. The Morgan fingerprint density at radius 2 is 2.29 bits per heavy atom. The Morgan fingerprint density at radius 3 is 2.88 bits per heavy atom. The van der Waals surface area contributed by atoms with Gasteiger partial charge in [0.1, 0.15) is 5.69 Å². The lowest BCUT2D eigenvalue weighted by Gasteiger charge is -2.09. The average Bonchev–Trinajstić information content (AvgIpc) is 2.29. The van der Waals surface area contributed by atoms with E-state index in [0.717, 1.165) is 0 Å². The molecular weight excluding hydrogens is 224 g/mol. The molecule has 6 nitrogen and oxygen atoms in total. The van der Waals surface area contributed by atoms with Crippen molar-refractivity contribution in [3.63, 3.8) is 0 Å². The Labute approximate surface area is 99.4 Å². The molecule has 1 rings (SSSR count). The van der Waals surface area contributed by atoms with E-state index in [4.69, 9.17) is 9.84 Å². The molecule has 1 aromatic carbocycles. The third-order valence-corrected chi connectivity index (χ3v) is 2.13. The second kappa shape index (κ2) is 6.70. The lowest BCUT2D eigenvalue weighted by molar-refractivity contribution is -0.384. The first-order valence-electron chi connectivity index (χ1n) is 5.45. The van der Waals surface area contributed by atoms with Gasteiger partial charge in [0.25, 0.3) is 0 Å². The summed E-state index contributed by atoms with van der Waals surface area (Å²) in [6.07, 6.45) is 0.538. The Hall–Kier alpha value is -1.82. The number of hydrogen-bond acceptors (Lipinski definition) is 5. The van der Waals surface area contributed by atoms with Crippen LogP contribution in [-0.2, 0) is 0 Å². The number of nitrogens with zero attached hydrogens (tertiary/aromatic N) is 1. The maximum absolute atomic E-state index is 11.0. The van der Waals surface area contributed by atoms with Crippen LogP contribution in [0.4, 0.5) is 11.4 Å². The lowest BCUT2D eigenvalue weighted by atomic mass is 10.2. The van der Waals surface area contributed by atoms with Gasteiger partial charge in [-0.25, -0.2) is 0 Å². The number of nitro groups is 1. The van der Waals surface area contributed by atoms with Crippen molar-refractivity contribution in [2.75, 3.05) is 25.1 Å². The molecule has 0 fully saturated rings. The van der Waals surface area contributed by atoms with Crippen LogP contribution in [-0.4, -0.2) is 29.8 Å². The van der Waals surface area contributed by atoms with Crippen molar-refractivity contribution in [3.8, 4) is 5.75 Å². The first kappa shape index (κ1) is 13.2. The van der Waals surface area contributed by atoms with Gasteiger partial charge < -0.3 is 15.2 Å². The van der Waals surface area contributed by atoms with Crippen LogP contribution in [0, 0.1) is 10.1 Å². The standard InChI is InChI=1S/C11H16N2O4/c1-2-17-10-6-3-5-9(11(10)13(15)16)12-7-4-8-14/h3,5-6,12,14H,2,4,7-8H2,1H3. The van der Waals surface area contributed by atoms with Crippen LogP contribution >= 0.6 is 0 Å². The van der Waals surface area contributed by atoms with Crippen LogP contribution < -0.4 is 10.1 Å². The number of nitrogens with one attached hydrogen (secondary N) is 1. The van der Waals surface area contributed by atoms with E-state index >= 15 is 0 Å². The second-order valence-corrected chi connectivity index (χ2v) is 3.35. The predicted octanol–water partition coefficient (Wildman–Crippen LogP) is 1.79. The predicted molar refractivity (Wildman–Crippen MR) is 64.5 cm³/mol. The zero-order chi connectivity index (χ0) is 12.7. The van der Waals surface area contributed by atoms with Gasteiger partial charge in [0.05, 0.1) is 11.5 Å². The lowest BCUT2D eigenvalue weighted by Crippen LogP contribution is -2.07. The maximum atomic E-state index is 11.0. The van der Waals surface area contributed by atoms with E-state index in [-0.39, 0.29) is 18.0 Å². The highest BCUT2D eigenvalue weighted by atomic mass is 16.6. The van der Waals surface area contributed by atoms with Crippen molar-refractivity contribution in [2.24, 2.45) is 0 Å². The Balaban J connectivity index is 2.94. The van der Waals surface area contributed by atoms with Crippen molar-refractivity contribution in [1.82, 2.24) is 0 Å².